The number of rotatable bonds is 4. The van der Waals surface area contributed by atoms with Crippen molar-refractivity contribution in [2.45, 2.75) is 11.9 Å². The van der Waals surface area contributed by atoms with E-state index in [1.54, 1.807) is 22.9 Å². The highest BCUT2D eigenvalue weighted by Crippen LogP contribution is 2.24. The summed E-state index contributed by atoms with van der Waals surface area (Å²) < 4.78 is 3.04. The Morgan fingerprint density at radius 3 is 1.75 bits per heavy atom. The largest absolute Gasteiger partial charge is 0.392 e. The third-order valence-corrected chi connectivity index (χ3v) is 4.94. The molecule has 0 saturated heterocycles. The second kappa shape index (κ2) is 9.69. The minimum absolute atomic E-state index is 0.144. The van der Waals surface area contributed by atoms with Crippen molar-refractivity contribution >= 4 is 39.1 Å². The van der Waals surface area contributed by atoms with Crippen LogP contribution >= 0.6 is 39.1 Å². The molecule has 9 nitrogen and oxygen atoms in total. The van der Waals surface area contributed by atoms with E-state index in [2.05, 4.69) is 47.0 Å². The average molecular weight is 484 g/mol. The van der Waals surface area contributed by atoms with Crippen LogP contribution in [0.4, 0.5) is 0 Å². The number of tetrazole rings is 2. The lowest BCUT2D eigenvalue weighted by molar-refractivity contribution is 0.281. The van der Waals surface area contributed by atoms with E-state index in [9.17, 15) is 0 Å². The summed E-state index contributed by atoms with van der Waals surface area (Å²) in [6.07, 6.45) is 2.99. The van der Waals surface area contributed by atoms with Gasteiger partial charge in [0.2, 0.25) is 0 Å². The van der Waals surface area contributed by atoms with E-state index in [0.29, 0.717) is 26.6 Å². The van der Waals surface area contributed by atoms with E-state index >= 15 is 0 Å². The van der Waals surface area contributed by atoms with Crippen molar-refractivity contribution < 1.29 is 5.11 Å². The predicted molar refractivity (Wildman–Crippen MR) is 107 cm³/mol. The molecule has 0 bridgehead atoms. The van der Waals surface area contributed by atoms with Crippen molar-refractivity contribution in [3.8, 4) is 11.4 Å². The lowest BCUT2D eigenvalue weighted by Crippen LogP contribution is -2.01. The quantitative estimate of drug-likeness (QED) is 0.444. The summed E-state index contributed by atoms with van der Waals surface area (Å²) in [7, 11) is 0. The molecule has 2 heterocycles. The van der Waals surface area contributed by atoms with Crippen LogP contribution in [0.1, 0.15) is 11.1 Å². The van der Waals surface area contributed by atoms with Gasteiger partial charge in [0.05, 0.1) is 18.0 Å². The highest BCUT2D eigenvalue weighted by atomic mass is 79.9. The molecule has 12 heteroatoms. The van der Waals surface area contributed by atoms with Gasteiger partial charge in [0, 0.05) is 26.5 Å². The van der Waals surface area contributed by atoms with Gasteiger partial charge < -0.3 is 5.11 Å². The van der Waals surface area contributed by atoms with Crippen molar-refractivity contribution in [3.05, 3.63) is 70.2 Å². The van der Waals surface area contributed by atoms with Crippen LogP contribution in [0.15, 0.2) is 49.1 Å². The molecule has 144 valence electrons. The molecule has 0 fully saturated rings. The molecular weight excluding hydrogens is 471 g/mol. The molecule has 0 unspecified atom stereocenters. The normalized spacial score (nSPS) is 10.4. The van der Waals surface area contributed by atoms with Gasteiger partial charge in [-0.1, -0.05) is 51.3 Å². The summed E-state index contributed by atoms with van der Waals surface area (Å²) in [5.41, 5.74) is 3.16. The molecule has 0 atom stereocenters. The molecule has 2 aromatic carbocycles. The van der Waals surface area contributed by atoms with Crippen molar-refractivity contribution in [2.24, 2.45) is 0 Å². The number of halogens is 3. The van der Waals surface area contributed by atoms with Crippen LogP contribution in [0.5, 0.6) is 0 Å². The molecule has 0 spiro atoms. The number of aliphatic hydroxyl groups excluding tert-OH is 1. The van der Waals surface area contributed by atoms with Gasteiger partial charge in [-0.05, 0) is 45.1 Å². The van der Waals surface area contributed by atoms with Crippen LogP contribution in [0.3, 0.4) is 0 Å². The zero-order valence-corrected chi connectivity index (χ0v) is 17.3. The van der Waals surface area contributed by atoms with Gasteiger partial charge in [-0.2, -0.15) is 0 Å². The topological polar surface area (TPSA) is 107 Å². The van der Waals surface area contributed by atoms with Crippen LogP contribution in [0.2, 0.25) is 10.0 Å². The highest BCUT2D eigenvalue weighted by Gasteiger charge is 2.09. The van der Waals surface area contributed by atoms with Crippen LogP contribution in [-0.2, 0) is 11.9 Å². The van der Waals surface area contributed by atoms with E-state index in [1.807, 2.05) is 18.2 Å². The SMILES string of the molecule is Clc1cccc(-n2cnnn2)c1CBr.OCc1c(Cl)cccc1-n1cnnn1. The summed E-state index contributed by atoms with van der Waals surface area (Å²) in [5.74, 6) is 0. The first kappa shape index (κ1) is 20.3. The molecule has 0 aliphatic rings. The van der Waals surface area contributed by atoms with Crippen molar-refractivity contribution in [1.82, 2.24) is 40.4 Å². The molecule has 0 aliphatic heterocycles. The molecule has 4 rings (SSSR count). The fourth-order valence-electron chi connectivity index (χ4n) is 2.36. The van der Waals surface area contributed by atoms with Gasteiger partial charge in [-0.25, -0.2) is 9.36 Å². The number of hydrogen-bond donors (Lipinski definition) is 1. The molecule has 1 N–H and O–H groups in total. The number of aliphatic hydroxyl groups is 1. The zero-order valence-electron chi connectivity index (χ0n) is 14.2. The van der Waals surface area contributed by atoms with Gasteiger partial charge in [0.1, 0.15) is 12.7 Å². The van der Waals surface area contributed by atoms with Crippen molar-refractivity contribution in [2.75, 3.05) is 0 Å². The maximum atomic E-state index is 9.13. The number of aromatic nitrogens is 8. The molecule has 0 amide bonds. The first-order chi connectivity index (χ1) is 13.7. The van der Waals surface area contributed by atoms with Crippen molar-refractivity contribution in [1.29, 1.82) is 0 Å². The first-order valence-corrected chi connectivity index (χ1v) is 9.71. The maximum Gasteiger partial charge on any atom is 0.143 e. The third-order valence-electron chi connectivity index (χ3n) is 3.67. The Bertz CT molecular complexity index is 944. The Morgan fingerprint density at radius 2 is 1.32 bits per heavy atom. The predicted octanol–water partition coefficient (Wildman–Crippen LogP) is 3.02. The summed E-state index contributed by atoms with van der Waals surface area (Å²) >= 11 is 15.3. The van der Waals surface area contributed by atoms with E-state index in [4.69, 9.17) is 28.3 Å². The van der Waals surface area contributed by atoms with Crippen LogP contribution in [-0.4, -0.2) is 45.5 Å². The van der Waals surface area contributed by atoms with Gasteiger partial charge in [0.15, 0.2) is 0 Å². The monoisotopic (exact) mass is 482 g/mol. The minimum Gasteiger partial charge on any atom is -0.392 e. The number of benzene rings is 2. The van der Waals surface area contributed by atoms with E-state index < -0.39 is 0 Å². The fraction of sp³-hybridized carbons (Fsp3) is 0.125. The average Bonchev–Trinajstić information content (AvgIpc) is 3.42. The standard InChI is InChI=1S/C8H6BrClN4.C8H7ClN4O/c9-4-6-7(10)2-1-3-8(6)14-5-11-12-13-14;9-7-2-1-3-8(6(7)4-14)13-5-10-11-12-13/h1-3,5H,4H2;1-3,5,14H,4H2. The Labute approximate surface area is 178 Å². The Hall–Kier alpha value is -2.40. The lowest BCUT2D eigenvalue weighted by Gasteiger charge is -2.06. The summed E-state index contributed by atoms with van der Waals surface area (Å²) in [4.78, 5) is 0. The smallest absolute Gasteiger partial charge is 0.143 e. The Morgan fingerprint density at radius 1 is 0.821 bits per heavy atom. The molecule has 0 saturated carbocycles. The second-order valence-electron chi connectivity index (χ2n) is 5.28. The lowest BCUT2D eigenvalue weighted by atomic mass is 10.2. The molecule has 2 aromatic heterocycles. The van der Waals surface area contributed by atoms with Gasteiger partial charge in [0.25, 0.3) is 0 Å². The zero-order chi connectivity index (χ0) is 19.9. The van der Waals surface area contributed by atoms with E-state index in [-0.39, 0.29) is 6.61 Å². The van der Waals surface area contributed by atoms with Crippen LogP contribution in [0.25, 0.3) is 11.4 Å². The molecule has 28 heavy (non-hydrogen) atoms. The third kappa shape index (κ3) is 4.53. The van der Waals surface area contributed by atoms with E-state index in [0.717, 1.165) is 11.3 Å². The minimum atomic E-state index is -0.144. The number of alkyl halides is 1. The molecule has 0 aliphatic carbocycles. The number of nitrogens with zero attached hydrogens (tertiary/aromatic N) is 8. The molecule has 4 aromatic rings. The summed E-state index contributed by atoms with van der Waals surface area (Å²) in [6.45, 7) is -0.144. The number of hydrogen-bond acceptors (Lipinski definition) is 7. The second-order valence-corrected chi connectivity index (χ2v) is 6.65. The van der Waals surface area contributed by atoms with Crippen LogP contribution < -0.4 is 0 Å². The van der Waals surface area contributed by atoms with Crippen molar-refractivity contribution in [3.63, 3.8) is 0 Å². The summed E-state index contributed by atoms with van der Waals surface area (Å²) in [6, 6.07) is 10.9. The van der Waals surface area contributed by atoms with Gasteiger partial charge in [-0.15, -0.1) is 10.2 Å². The molecular formula is C16H13BrCl2N8O. The highest BCUT2D eigenvalue weighted by molar-refractivity contribution is 9.08. The van der Waals surface area contributed by atoms with Crippen LogP contribution in [0, 0.1) is 0 Å². The van der Waals surface area contributed by atoms with Gasteiger partial charge in [-0.3, -0.25) is 0 Å². The molecule has 0 radical (unpaired) electrons. The Kier molecular flexibility index (Phi) is 7.04. The van der Waals surface area contributed by atoms with Gasteiger partial charge >= 0.3 is 0 Å². The first-order valence-electron chi connectivity index (χ1n) is 7.84. The Balaban J connectivity index is 0.000000161. The summed E-state index contributed by atoms with van der Waals surface area (Å²) in [5, 5.41) is 32.7. The maximum absolute atomic E-state index is 9.13. The fourth-order valence-corrected chi connectivity index (χ4v) is 3.57. The van der Waals surface area contributed by atoms with E-state index in [1.165, 1.54) is 17.3 Å².